The fraction of sp³-hybridized carbons (Fsp3) is 0.920. The summed E-state index contributed by atoms with van der Waals surface area (Å²) in [5.74, 6) is -3.35. The lowest BCUT2D eigenvalue weighted by molar-refractivity contribution is -0.334. The van der Waals surface area contributed by atoms with Crippen molar-refractivity contribution in [3.63, 3.8) is 0 Å². The molecule has 15 heteroatoms. The van der Waals surface area contributed by atoms with E-state index in [-0.39, 0.29) is 25.7 Å². The zero-order valence-corrected chi connectivity index (χ0v) is 22.0. The lowest BCUT2D eigenvalue weighted by Crippen LogP contribution is -2.62. The van der Waals surface area contributed by atoms with Crippen LogP contribution < -0.4 is 0 Å². The molecular weight excluding hydrogens is 540 g/mol. The van der Waals surface area contributed by atoms with Gasteiger partial charge in [0.2, 0.25) is 0 Å². The van der Waals surface area contributed by atoms with Crippen molar-refractivity contribution in [2.24, 2.45) is 11.8 Å². The molecule has 4 rings (SSSR count). The van der Waals surface area contributed by atoms with Crippen LogP contribution >= 0.6 is 0 Å². The molecule has 0 bridgehead atoms. The minimum absolute atomic E-state index is 0.131. The van der Waals surface area contributed by atoms with Gasteiger partial charge in [0.15, 0.2) is 6.29 Å². The number of hydrogen-bond acceptors (Lipinski definition) is 14. The molecule has 0 aromatic rings. The normalized spacial score (nSPS) is 47.8. The number of hydrogen-bond donors (Lipinski definition) is 8. The molecule has 0 radical (unpaired) electrons. The molecule has 0 aromatic heterocycles. The van der Waals surface area contributed by atoms with E-state index in [0.29, 0.717) is 6.42 Å². The van der Waals surface area contributed by atoms with Gasteiger partial charge in [-0.3, -0.25) is 9.59 Å². The molecule has 2 heterocycles. The molecule has 2 aliphatic carbocycles. The van der Waals surface area contributed by atoms with E-state index in [1.807, 2.05) is 0 Å². The second-order valence-electron chi connectivity index (χ2n) is 11.2. The minimum atomic E-state index is -1.77. The number of aliphatic carboxylic acids is 1. The average molecular weight is 581 g/mol. The third-order valence-corrected chi connectivity index (χ3v) is 8.50. The summed E-state index contributed by atoms with van der Waals surface area (Å²) in [4.78, 5) is 22.4. The third-order valence-electron chi connectivity index (χ3n) is 8.50. The predicted molar refractivity (Wildman–Crippen MR) is 128 cm³/mol. The summed E-state index contributed by atoms with van der Waals surface area (Å²) in [5, 5.41) is 81.9. The lowest BCUT2D eigenvalue weighted by atomic mass is 9.72. The largest absolute Gasteiger partial charge is 0.481 e. The van der Waals surface area contributed by atoms with Gasteiger partial charge in [-0.05, 0) is 38.0 Å². The molecule has 15 unspecified atom stereocenters. The fourth-order valence-electron chi connectivity index (χ4n) is 6.37. The first kappa shape index (κ1) is 31.4. The van der Waals surface area contributed by atoms with Crippen molar-refractivity contribution in [3.8, 4) is 0 Å². The van der Waals surface area contributed by atoms with Crippen LogP contribution in [0.15, 0.2) is 0 Å². The van der Waals surface area contributed by atoms with Gasteiger partial charge in [0.25, 0.3) is 0 Å². The molecule has 230 valence electrons. The van der Waals surface area contributed by atoms with E-state index in [2.05, 4.69) is 0 Å². The molecule has 8 N–H and O–H groups in total. The van der Waals surface area contributed by atoms with Crippen LogP contribution in [0.5, 0.6) is 0 Å². The van der Waals surface area contributed by atoms with Crippen molar-refractivity contribution in [2.45, 2.75) is 118 Å². The number of carboxylic acids is 1. The van der Waals surface area contributed by atoms with E-state index in [9.17, 15) is 45.3 Å². The molecule has 15 nitrogen and oxygen atoms in total. The summed E-state index contributed by atoms with van der Waals surface area (Å²) >= 11 is 0. The maximum absolute atomic E-state index is 11.7. The highest BCUT2D eigenvalue weighted by molar-refractivity contribution is 5.90. The van der Waals surface area contributed by atoms with Crippen molar-refractivity contribution in [3.05, 3.63) is 0 Å². The average Bonchev–Trinajstić information content (AvgIpc) is 2.89. The molecule has 15 atom stereocenters. The first-order valence-electron chi connectivity index (χ1n) is 13.5. The molecule has 0 aromatic carbocycles. The first-order valence-corrected chi connectivity index (χ1v) is 13.5. The number of rotatable bonds is 8. The second kappa shape index (κ2) is 13.2. The van der Waals surface area contributed by atoms with Crippen LogP contribution in [0.3, 0.4) is 0 Å². The van der Waals surface area contributed by atoms with Crippen LogP contribution in [0.25, 0.3) is 0 Å². The Kier molecular flexibility index (Phi) is 10.4. The van der Waals surface area contributed by atoms with Crippen LogP contribution in [0.1, 0.15) is 38.5 Å². The number of ether oxygens (including phenoxy) is 5. The van der Waals surface area contributed by atoms with Gasteiger partial charge < -0.3 is 64.5 Å². The van der Waals surface area contributed by atoms with Crippen LogP contribution in [0.2, 0.25) is 0 Å². The molecule has 2 saturated heterocycles. The Morgan fingerprint density at radius 3 is 2.20 bits per heavy atom. The molecule has 40 heavy (non-hydrogen) atoms. The van der Waals surface area contributed by atoms with E-state index < -0.39 is 116 Å². The number of carboxylic acid groups (broad SMARTS) is 1. The Bertz CT molecular complexity index is 873. The van der Waals surface area contributed by atoms with Gasteiger partial charge in [0.1, 0.15) is 43.5 Å². The summed E-state index contributed by atoms with van der Waals surface area (Å²) in [6, 6.07) is 0. The Balaban J connectivity index is 1.52. The van der Waals surface area contributed by atoms with Gasteiger partial charge in [0, 0.05) is 13.0 Å². The lowest BCUT2D eigenvalue weighted by Gasteiger charge is -2.51. The van der Waals surface area contributed by atoms with Crippen LogP contribution in [-0.4, -0.2) is 146 Å². The van der Waals surface area contributed by atoms with Crippen molar-refractivity contribution in [1.29, 1.82) is 0 Å². The summed E-state index contributed by atoms with van der Waals surface area (Å²) in [6.07, 6.45) is -14.7. The molecule has 4 aliphatic rings. The number of fused-ring (bicyclic) bond motifs is 1. The smallest absolute Gasteiger partial charge is 0.317 e. The molecule has 0 spiro atoms. The zero-order chi connectivity index (χ0) is 29.3. The number of esters is 1. The molecule has 4 fully saturated rings. The van der Waals surface area contributed by atoms with Crippen molar-refractivity contribution in [2.75, 3.05) is 13.7 Å². The van der Waals surface area contributed by atoms with E-state index >= 15 is 0 Å². The third kappa shape index (κ3) is 6.93. The fourth-order valence-corrected chi connectivity index (χ4v) is 6.37. The summed E-state index contributed by atoms with van der Waals surface area (Å²) in [6.45, 7) is -0.620. The zero-order valence-electron chi connectivity index (χ0n) is 22.0. The number of carbonyl (C=O) groups is 2. The molecule has 0 amide bonds. The van der Waals surface area contributed by atoms with Gasteiger partial charge in [-0.25, -0.2) is 0 Å². The summed E-state index contributed by atoms with van der Waals surface area (Å²) < 4.78 is 28.3. The van der Waals surface area contributed by atoms with Crippen molar-refractivity contribution in [1.82, 2.24) is 0 Å². The number of aliphatic hydroxyl groups is 7. The van der Waals surface area contributed by atoms with Crippen molar-refractivity contribution < 1.29 is 74.1 Å². The highest BCUT2D eigenvalue weighted by Crippen LogP contribution is 2.43. The van der Waals surface area contributed by atoms with E-state index in [1.165, 1.54) is 7.11 Å². The first-order chi connectivity index (χ1) is 18.9. The molecule has 2 saturated carbocycles. The Labute approximate surface area is 230 Å². The minimum Gasteiger partial charge on any atom is -0.481 e. The monoisotopic (exact) mass is 580 g/mol. The van der Waals surface area contributed by atoms with Crippen LogP contribution in [-0.2, 0) is 33.3 Å². The Hall–Kier alpha value is -1.50. The quantitative estimate of drug-likeness (QED) is 0.103. The standard InChI is InChI=1S/C25H40O15/c1-36-15-3-9(2-13(28)20(15)32)24-16(6-11-12(27)4-10(26)5-14(11)38-24)39-25-23(35)22(34)21(33)17(40-25)8-37-19(31)7-18(29)30/h9-17,20-28,32-35H,2-8H2,1H3,(H,29,30). The van der Waals surface area contributed by atoms with Crippen molar-refractivity contribution >= 4 is 11.9 Å². The number of methoxy groups -OCH3 is 1. The van der Waals surface area contributed by atoms with Gasteiger partial charge in [0.05, 0.1) is 42.7 Å². The molecule has 2 aliphatic heterocycles. The van der Waals surface area contributed by atoms with E-state index in [1.54, 1.807) is 0 Å². The summed E-state index contributed by atoms with van der Waals surface area (Å²) in [5.41, 5.74) is 0. The van der Waals surface area contributed by atoms with E-state index in [0.717, 1.165) is 0 Å². The van der Waals surface area contributed by atoms with Gasteiger partial charge >= 0.3 is 11.9 Å². The summed E-state index contributed by atoms with van der Waals surface area (Å²) in [7, 11) is 1.41. The second-order valence-corrected chi connectivity index (χ2v) is 11.2. The highest BCUT2D eigenvalue weighted by Gasteiger charge is 2.53. The SMILES string of the molecule is COC1CC(C2OC3CC(O)CC(O)C3CC2OC2OC(COC(=O)CC(=O)O)C(O)C(O)C2O)CC(O)C1O. The Morgan fingerprint density at radius 1 is 0.800 bits per heavy atom. The maximum Gasteiger partial charge on any atom is 0.317 e. The van der Waals surface area contributed by atoms with Gasteiger partial charge in [-0.1, -0.05) is 0 Å². The van der Waals surface area contributed by atoms with Crippen LogP contribution in [0.4, 0.5) is 0 Å². The van der Waals surface area contributed by atoms with Crippen LogP contribution in [0, 0.1) is 11.8 Å². The highest BCUT2D eigenvalue weighted by atomic mass is 16.7. The number of aliphatic hydroxyl groups excluding tert-OH is 7. The number of carbonyl (C=O) groups excluding carboxylic acids is 1. The maximum atomic E-state index is 11.7. The van der Waals surface area contributed by atoms with Gasteiger partial charge in [-0.15, -0.1) is 0 Å². The topological polar surface area (TPSA) is 242 Å². The van der Waals surface area contributed by atoms with Gasteiger partial charge in [-0.2, -0.15) is 0 Å². The predicted octanol–water partition coefficient (Wildman–Crippen LogP) is -3.37. The van der Waals surface area contributed by atoms with E-state index in [4.69, 9.17) is 28.8 Å². The Morgan fingerprint density at radius 2 is 1.52 bits per heavy atom. The molecular formula is C25H40O15.